The zero-order valence-corrected chi connectivity index (χ0v) is 13.0. The maximum Gasteiger partial charge on any atom is 0.311 e. The molecule has 0 saturated heterocycles. The van der Waals surface area contributed by atoms with Gasteiger partial charge in [0.05, 0.1) is 11.5 Å². The molecular weight excluding hydrogens is 268 g/mol. The van der Waals surface area contributed by atoms with Crippen LogP contribution < -0.4 is 10.1 Å². The normalized spacial score (nSPS) is 18.2. The van der Waals surface area contributed by atoms with Crippen LogP contribution >= 0.6 is 0 Å². The molecule has 1 aromatic carbocycles. The van der Waals surface area contributed by atoms with Gasteiger partial charge in [0.1, 0.15) is 0 Å². The third-order valence-electron chi connectivity index (χ3n) is 4.17. The molecule has 0 bridgehead atoms. The Morgan fingerprint density at radius 2 is 2.05 bits per heavy atom. The van der Waals surface area contributed by atoms with Gasteiger partial charge in [0, 0.05) is 23.9 Å². The number of benzene rings is 1. The maximum absolute atomic E-state index is 11.0. The van der Waals surface area contributed by atoms with Crippen molar-refractivity contribution in [3.05, 3.63) is 28.3 Å². The Labute approximate surface area is 125 Å². The Morgan fingerprint density at radius 1 is 1.38 bits per heavy atom. The van der Waals surface area contributed by atoms with Crippen molar-refractivity contribution >= 4 is 11.4 Å². The summed E-state index contributed by atoms with van der Waals surface area (Å²) in [6.45, 7) is 6.86. The van der Waals surface area contributed by atoms with Crippen LogP contribution in [0.3, 0.4) is 0 Å². The molecule has 0 amide bonds. The lowest BCUT2D eigenvalue weighted by Gasteiger charge is -2.35. The van der Waals surface area contributed by atoms with Gasteiger partial charge in [-0.2, -0.15) is 0 Å². The lowest BCUT2D eigenvalue weighted by atomic mass is 9.75. The van der Waals surface area contributed by atoms with Gasteiger partial charge in [0.2, 0.25) is 0 Å². The molecule has 2 rings (SSSR count). The minimum absolute atomic E-state index is 0.0205. The molecule has 0 spiro atoms. The van der Waals surface area contributed by atoms with Gasteiger partial charge in [0.15, 0.2) is 5.75 Å². The summed E-state index contributed by atoms with van der Waals surface area (Å²) in [5.74, 6) is 0.337. The summed E-state index contributed by atoms with van der Waals surface area (Å²) in [6, 6.07) is 5.45. The highest BCUT2D eigenvalue weighted by Gasteiger charge is 2.27. The number of ether oxygens (including phenoxy) is 1. The van der Waals surface area contributed by atoms with Crippen LogP contribution in [0.4, 0.5) is 11.4 Å². The standard InChI is InChI=1S/C16H24N2O3/c1-4-21-15-11-13(5-6-14(15)18(19)20)17-12-7-9-16(2,3)10-8-12/h5-6,11-12,17H,4,7-10H2,1-3H3. The number of hydrogen-bond donors (Lipinski definition) is 1. The first-order chi connectivity index (χ1) is 9.91. The third kappa shape index (κ3) is 4.09. The van der Waals surface area contributed by atoms with E-state index in [0.29, 0.717) is 23.8 Å². The highest BCUT2D eigenvalue weighted by Crippen LogP contribution is 2.37. The number of anilines is 1. The van der Waals surface area contributed by atoms with Crippen LogP contribution in [0.25, 0.3) is 0 Å². The molecule has 0 aliphatic heterocycles. The SMILES string of the molecule is CCOc1cc(NC2CCC(C)(C)CC2)ccc1[N+](=O)[O-]. The lowest BCUT2D eigenvalue weighted by Crippen LogP contribution is -2.29. The van der Waals surface area contributed by atoms with Crippen LogP contribution in [0.5, 0.6) is 5.75 Å². The molecule has 116 valence electrons. The molecule has 0 atom stereocenters. The summed E-state index contributed by atoms with van der Waals surface area (Å²) in [5, 5.41) is 14.5. The van der Waals surface area contributed by atoms with Gasteiger partial charge in [-0.05, 0) is 44.1 Å². The number of hydrogen-bond acceptors (Lipinski definition) is 4. The maximum atomic E-state index is 11.0. The van der Waals surface area contributed by atoms with E-state index in [1.54, 1.807) is 12.1 Å². The van der Waals surface area contributed by atoms with Crippen LogP contribution in [-0.2, 0) is 0 Å². The Bertz CT molecular complexity index is 504. The highest BCUT2D eigenvalue weighted by atomic mass is 16.6. The van der Waals surface area contributed by atoms with Crippen molar-refractivity contribution < 1.29 is 9.66 Å². The van der Waals surface area contributed by atoms with Gasteiger partial charge in [-0.3, -0.25) is 10.1 Å². The van der Waals surface area contributed by atoms with Crippen LogP contribution in [0.1, 0.15) is 46.5 Å². The summed E-state index contributed by atoms with van der Waals surface area (Å²) in [4.78, 5) is 10.6. The minimum Gasteiger partial charge on any atom is -0.487 e. The van der Waals surface area contributed by atoms with E-state index in [4.69, 9.17) is 4.74 Å². The van der Waals surface area contributed by atoms with E-state index in [2.05, 4.69) is 19.2 Å². The Hall–Kier alpha value is -1.78. The molecule has 5 heteroatoms. The first-order valence-electron chi connectivity index (χ1n) is 7.59. The fourth-order valence-electron chi connectivity index (χ4n) is 2.81. The zero-order valence-electron chi connectivity index (χ0n) is 13.0. The minimum atomic E-state index is -0.405. The quantitative estimate of drug-likeness (QED) is 0.646. The van der Waals surface area contributed by atoms with Crippen molar-refractivity contribution in [2.24, 2.45) is 5.41 Å². The number of nitrogens with zero attached hydrogens (tertiary/aromatic N) is 1. The van der Waals surface area contributed by atoms with Crippen molar-refractivity contribution in [1.82, 2.24) is 0 Å². The highest BCUT2D eigenvalue weighted by molar-refractivity contribution is 5.58. The number of rotatable bonds is 5. The van der Waals surface area contributed by atoms with Crippen molar-refractivity contribution in [3.63, 3.8) is 0 Å². The molecular formula is C16H24N2O3. The fourth-order valence-corrected chi connectivity index (χ4v) is 2.81. The van der Waals surface area contributed by atoms with E-state index in [1.807, 2.05) is 6.92 Å². The second-order valence-electron chi connectivity index (χ2n) is 6.46. The van der Waals surface area contributed by atoms with Crippen molar-refractivity contribution in [2.45, 2.75) is 52.5 Å². The lowest BCUT2D eigenvalue weighted by molar-refractivity contribution is -0.385. The van der Waals surface area contributed by atoms with E-state index in [0.717, 1.165) is 18.5 Å². The molecule has 0 unspecified atom stereocenters. The van der Waals surface area contributed by atoms with Gasteiger partial charge in [-0.1, -0.05) is 13.8 Å². The Kier molecular flexibility index (Phi) is 4.70. The summed E-state index contributed by atoms with van der Waals surface area (Å²) in [6.07, 6.45) is 4.67. The first kappa shape index (κ1) is 15.6. The van der Waals surface area contributed by atoms with Gasteiger partial charge in [0.25, 0.3) is 0 Å². The predicted octanol–water partition coefficient (Wildman–Crippen LogP) is 4.37. The first-order valence-corrected chi connectivity index (χ1v) is 7.59. The molecule has 21 heavy (non-hydrogen) atoms. The Morgan fingerprint density at radius 3 is 2.62 bits per heavy atom. The second kappa shape index (κ2) is 6.33. The smallest absolute Gasteiger partial charge is 0.311 e. The number of nitro benzene ring substituents is 1. The Balaban J connectivity index is 2.07. The number of nitrogens with one attached hydrogen (secondary N) is 1. The average Bonchev–Trinajstić information content (AvgIpc) is 2.41. The predicted molar refractivity (Wildman–Crippen MR) is 83.9 cm³/mol. The van der Waals surface area contributed by atoms with E-state index >= 15 is 0 Å². The van der Waals surface area contributed by atoms with Gasteiger partial charge in [-0.15, -0.1) is 0 Å². The van der Waals surface area contributed by atoms with Crippen LogP contribution in [0.2, 0.25) is 0 Å². The summed E-state index contributed by atoms with van der Waals surface area (Å²) in [5.41, 5.74) is 1.35. The molecule has 1 aliphatic rings. The molecule has 1 N–H and O–H groups in total. The van der Waals surface area contributed by atoms with Gasteiger partial charge < -0.3 is 10.1 Å². The van der Waals surface area contributed by atoms with Crippen molar-refractivity contribution in [1.29, 1.82) is 0 Å². The van der Waals surface area contributed by atoms with Crippen LogP contribution in [-0.4, -0.2) is 17.6 Å². The molecule has 1 fully saturated rings. The largest absolute Gasteiger partial charge is 0.487 e. The summed E-state index contributed by atoms with van der Waals surface area (Å²) >= 11 is 0. The molecule has 5 nitrogen and oxygen atoms in total. The zero-order chi connectivity index (χ0) is 15.5. The van der Waals surface area contributed by atoms with E-state index < -0.39 is 4.92 Å². The van der Waals surface area contributed by atoms with E-state index in [1.165, 1.54) is 18.9 Å². The monoisotopic (exact) mass is 292 g/mol. The van der Waals surface area contributed by atoms with E-state index in [-0.39, 0.29) is 5.69 Å². The third-order valence-corrected chi connectivity index (χ3v) is 4.17. The van der Waals surface area contributed by atoms with Gasteiger partial charge in [-0.25, -0.2) is 0 Å². The molecule has 1 aliphatic carbocycles. The molecule has 0 aromatic heterocycles. The molecule has 1 saturated carbocycles. The molecule has 0 radical (unpaired) electrons. The van der Waals surface area contributed by atoms with E-state index in [9.17, 15) is 10.1 Å². The summed E-state index contributed by atoms with van der Waals surface area (Å²) in [7, 11) is 0. The fraction of sp³-hybridized carbons (Fsp3) is 0.625. The average molecular weight is 292 g/mol. The van der Waals surface area contributed by atoms with Crippen molar-refractivity contribution in [2.75, 3.05) is 11.9 Å². The second-order valence-corrected chi connectivity index (χ2v) is 6.46. The summed E-state index contributed by atoms with van der Waals surface area (Å²) < 4.78 is 5.38. The van der Waals surface area contributed by atoms with Crippen LogP contribution in [0, 0.1) is 15.5 Å². The van der Waals surface area contributed by atoms with Crippen LogP contribution in [0.15, 0.2) is 18.2 Å². The number of nitro groups is 1. The molecule has 0 heterocycles. The van der Waals surface area contributed by atoms with Gasteiger partial charge >= 0.3 is 5.69 Å². The topological polar surface area (TPSA) is 64.4 Å². The van der Waals surface area contributed by atoms with Crippen molar-refractivity contribution in [3.8, 4) is 5.75 Å². The molecule has 1 aromatic rings.